The minimum absolute atomic E-state index is 0.0736. The van der Waals surface area contributed by atoms with E-state index in [1.165, 1.54) is 12.8 Å². The van der Waals surface area contributed by atoms with E-state index in [-0.39, 0.29) is 12.6 Å². The highest BCUT2D eigenvalue weighted by Crippen LogP contribution is 2.29. The fraction of sp³-hybridized carbons (Fsp3) is 0.409. The molecular weight excluding hydrogens is 450 g/mol. The Hall–Kier alpha value is -2.45. The Balaban J connectivity index is 1.44. The molecule has 30 heavy (non-hydrogen) atoms. The van der Waals surface area contributed by atoms with Crippen LogP contribution in [-0.2, 0) is 0 Å². The van der Waals surface area contributed by atoms with Crippen molar-refractivity contribution >= 4 is 27.6 Å². The first kappa shape index (κ1) is 22.2. The largest absolute Gasteiger partial charge is 0.497 e. The SMILES string of the molecule is COc1ccc(OC)c(C(O)CNC(=O)NCC2CCN(c3cccc(Br)c3)C2)c1. The summed E-state index contributed by atoms with van der Waals surface area (Å²) in [6, 6.07) is 13.1. The number of aliphatic hydroxyl groups is 1. The fourth-order valence-electron chi connectivity index (χ4n) is 3.61. The lowest BCUT2D eigenvalue weighted by Crippen LogP contribution is -2.40. The second kappa shape index (κ2) is 10.5. The normalized spacial score (nSPS) is 16.8. The Morgan fingerprint density at radius 2 is 2.07 bits per heavy atom. The minimum Gasteiger partial charge on any atom is -0.497 e. The standard InChI is InChI=1S/C22H28BrN3O4/c1-29-18-6-7-21(30-2)19(11-18)20(27)13-25-22(28)24-12-15-8-9-26(14-15)17-5-3-4-16(23)10-17/h3-7,10-11,15,20,27H,8-9,12-14H2,1-2H3,(H2,24,25,28). The summed E-state index contributed by atoms with van der Waals surface area (Å²) >= 11 is 3.51. The molecule has 3 rings (SSSR count). The number of carbonyl (C=O) groups excluding carboxylic acids is 1. The molecule has 1 aliphatic rings. The molecule has 2 aromatic rings. The van der Waals surface area contributed by atoms with Crippen LogP contribution in [0.2, 0.25) is 0 Å². The van der Waals surface area contributed by atoms with Crippen LogP contribution >= 0.6 is 15.9 Å². The van der Waals surface area contributed by atoms with Crippen LogP contribution < -0.4 is 25.0 Å². The number of benzene rings is 2. The van der Waals surface area contributed by atoms with Gasteiger partial charge in [-0.05, 0) is 48.7 Å². The third kappa shape index (κ3) is 5.79. The number of anilines is 1. The van der Waals surface area contributed by atoms with E-state index in [1.54, 1.807) is 25.3 Å². The molecule has 0 radical (unpaired) electrons. The van der Waals surface area contributed by atoms with Gasteiger partial charge in [0.05, 0.1) is 14.2 Å². The highest BCUT2D eigenvalue weighted by atomic mass is 79.9. The Labute approximate surface area is 185 Å². The van der Waals surface area contributed by atoms with Gasteiger partial charge in [-0.25, -0.2) is 4.79 Å². The molecule has 1 saturated heterocycles. The molecule has 1 heterocycles. The molecule has 2 atom stereocenters. The van der Waals surface area contributed by atoms with Gasteiger partial charge in [0, 0.05) is 41.9 Å². The highest BCUT2D eigenvalue weighted by molar-refractivity contribution is 9.10. The second-order valence-electron chi connectivity index (χ2n) is 7.30. The number of rotatable bonds is 8. The van der Waals surface area contributed by atoms with Crippen molar-refractivity contribution in [3.8, 4) is 11.5 Å². The third-order valence-corrected chi connectivity index (χ3v) is 5.76. The van der Waals surface area contributed by atoms with Crippen molar-refractivity contribution in [3.63, 3.8) is 0 Å². The van der Waals surface area contributed by atoms with Crippen LogP contribution in [0.15, 0.2) is 46.9 Å². The van der Waals surface area contributed by atoms with Crippen LogP contribution in [0.4, 0.5) is 10.5 Å². The molecule has 2 amide bonds. The molecule has 0 bridgehead atoms. The number of urea groups is 1. The maximum absolute atomic E-state index is 12.2. The maximum atomic E-state index is 12.2. The summed E-state index contributed by atoms with van der Waals surface area (Å²) in [7, 11) is 3.10. The summed E-state index contributed by atoms with van der Waals surface area (Å²) in [5.41, 5.74) is 1.75. The van der Waals surface area contributed by atoms with E-state index in [0.29, 0.717) is 29.5 Å². The summed E-state index contributed by atoms with van der Waals surface area (Å²) in [4.78, 5) is 14.5. The first-order valence-corrected chi connectivity index (χ1v) is 10.7. The molecule has 1 aliphatic heterocycles. The van der Waals surface area contributed by atoms with Crippen molar-refractivity contribution in [2.45, 2.75) is 12.5 Å². The Morgan fingerprint density at radius 3 is 2.80 bits per heavy atom. The van der Waals surface area contributed by atoms with Crippen LogP contribution in [0.3, 0.4) is 0 Å². The molecule has 2 aromatic carbocycles. The fourth-order valence-corrected chi connectivity index (χ4v) is 3.99. The van der Waals surface area contributed by atoms with Crippen LogP contribution in [0, 0.1) is 5.92 Å². The van der Waals surface area contributed by atoms with E-state index < -0.39 is 6.10 Å². The lowest BCUT2D eigenvalue weighted by atomic mass is 10.1. The maximum Gasteiger partial charge on any atom is 0.314 e. The molecule has 0 saturated carbocycles. The Morgan fingerprint density at radius 1 is 1.23 bits per heavy atom. The van der Waals surface area contributed by atoms with Crippen LogP contribution in [0.1, 0.15) is 18.1 Å². The quantitative estimate of drug-likeness (QED) is 0.543. The molecule has 3 N–H and O–H groups in total. The smallest absolute Gasteiger partial charge is 0.314 e. The summed E-state index contributed by atoms with van der Waals surface area (Å²) < 4.78 is 11.6. The zero-order valence-electron chi connectivity index (χ0n) is 17.2. The lowest BCUT2D eigenvalue weighted by molar-refractivity contribution is 0.168. The molecule has 0 aromatic heterocycles. The van der Waals surface area contributed by atoms with Crippen molar-refractivity contribution < 1.29 is 19.4 Å². The van der Waals surface area contributed by atoms with Crippen molar-refractivity contribution in [2.24, 2.45) is 5.92 Å². The molecule has 2 unspecified atom stereocenters. The number of nitrogens with zero attached hydrogens (tertiary/aromatic N) is 1. The third-order valence-electron chi connectivity index (χ3n) is 5.26. The summed E-state index contributed by atoms with van der Waals surface area (Å²) in [5.74, 6) is 1.55. The summed E-state index contributed by atoms with van der Waals surface area (Å²) in [6.45, 7) is 2.54. The van der Waals surface area contributed by atoms with Crippen molar-refractivity contribution in [1.82, 2.24) is 10.6 Å². The number of hydrogen-bond donors (Lipinski definition) is 3. The first-order valence-electron chi connectivity index (χ1n) is 9.92. The number of amides is 2. The number of ether oxygens (including phenoxy) is 2. The average Bonchev–Trinajstić information content (AvgIpc) is 3.24. The second-order valence-corrected chi connectivity index (χ2v) is 8.21. The highest BCUT2D eigenvalue weighted by Gasteiger charge is 2.23. The van der Waals surface area contributed by atoms with Gasteiger partial charge in [0.25, 0.3) is 0 Å². The van der Waals surface area contributed by atoms with Crippen LogP contribution in [0.25, 0.3) is 0 Å². The van der Waals surface area contributed by atoms with E-state index in [1.807, 2.05) is 12.1 Å². The first-order chi connectivity index (χ1) is 14.5. The number of methoxy groups -OCH3 is 2. The van der Waals surface area contributed by atoms with Gasteiger partial charge in [0.2, 0.25) is 0 Å². The summed E-state index contributed by atoms with van der Waals surface area (Å²) in [5, 5.41) is 16.1. The van der Waals surface area contributed by atoms with Crippen LogP contribution in [0.5, 0.6) is 11.5 Å². The summed E-state index contributed by atoms with van der Waals surface area (Å²) in [6.07, 6.45) is 0.121. The molecule has 162 valence electrons. The topological polar surface area (TPSA) is 83.1 Å². The molecule has 8 heteroatoms. The Kier molecular flexibility index (Phi) is 7.81. The predicted octanol–water partition coefficient (Wildman–Crippen LogP) is 3.33. The van der Waals surface area contributed by atoms with Crippen LogP contribution in [-0.4, -0.2) is 51.5 Å². The van der Waals surface area contributed by atoms with Gasteiger partial charge >= 0.3 is 6.03 Å². The van der Waals surface area contributed by atoms with E-state index in [4.69, 9.17) is 9.47 Å². The molecule has 0 aliphatic carbocycles. The number of hydrogen-bond acceptors (Lipinski definition) is 5. The van der Waals surface area contributed by atoms with E-state index in [0.717, 1.165) is 24.0 Å². The molecule has 0 spiro atoms. The van der Waals surface area contributed by atoms with Gasteiger partial charge < -0.3 is 30.1 Å². The number of halogens is 1. The van der Waals surface area contributed by atoms with Crippen molar-refractivity contribution in [2.75, 3.05) is 45.3 Å². The van der Waals surface area contributed by atoms with E-state index in [9.17, 15) is 9.90 Å². The zero-order chi connectivity index (χ0) is 21.5. The van der Waals surface area contributed by atoms with Gasteiger partial charge in [-0.15, -0.1) is 0 Å². The Bertz CT molecular complexity index is 864. The van der Waals surface area contributed by atoms with Gasteiger partial charge in [0.1, 0.15) is 17.6 Å². The average molecular weight is 478 g/mol. The monoisotopic (exact) mass is 477 g/mol. The van der Waals surface area contributed by atoms with E-state index >= 15 is 0 Å². The molecule has 1 fully saturated rings. The van der Waals surface area contributed by atoms with Gasteiger partial charge in [0.15, 0.2) is 0 Å². The van der Waals surface area contributed by atoms with Crippen molar-refractivity contribution in [1.29, 1.82) is 0 Å². The number of carbonyl (C=O) groups is 1. The number of aliphatic hydroxyl groups excluding tert-OH is 1. The number of nitrogens with one attached hydrogen (secondary N) is 2. The zero-order valence-corrected chi connectivity index (χ0v) is 18.8. The van der Waals surface area contributed by atoms with Gasteiger partial charge in [-0.3, -0.25) is 0 Å². The van der Waals surface area contributed by atoms with Gasteiger partial charge in [-0.1, -0.05) is 22.0 Å². The molecule has 7 nitrogen and oxygen atoms in total. The predicted molar refractivity (Wildman–Crippen MR) is 120 cm³/mol. The lowest BCUT2D eigenvalue weighted by Gasteiger charge is -2.19. The van der Waals surface area contributed by atoms with Crippen molar-refractivity contribution in [3.05, 3.63) is 52.5 Å². The molecular formula is C22H28BrN3O4. The van der Waals surface area contributed by atoms with Gasteiger partial charge in [-0.2, -0.15) is 0 Å². The van der Waals surface area contributed by atoms with E-state index in [2.05, 4.69) is 43.6 Å². The minimum atomic E-state index is -0.903.